The molecule has 2 unspecified atom stereocenters. The van der Waals surface area contributed by atoms with Crippen molar-refractivity contribution in [2.45, 2.75) is 19.8 Å². The summed E-state index contributed by atoms with van der Waals surface area (Å²) < 4.78 is 0. The molecule has 2 heterocycles. The number of allylic oxidation sites excluding steroid dienone is 1. The molecule has 24 heavy (non-hydrogen) atoms. The Labute approximate surface area is 140 Å². The summed E-state index contributed by atoms with van der Waals surface area (Å²) in [6.45, 7) is 3.43. The first kappa shape index (κ1) is 14.7. The van der Waals surface area contributed by atoms with Crippen molar-refractivity contribution in [2.24, 2.45) is 10.9 Å². The van der Waals surface area contributed by atoms with Gasteiger partial charge in [-0.05, 0) is 25.5 Å². The minimum atomic E-state index is -0.425. The van der Waals surface area contributed by atoms with Gasteiger partial charge >= 0.3 is 0 Å². The third kappa shape index (κ3) is 1.99. The monoisotopic (exact) mass is 316 g/mol. The quantitative estimate of drug-likeness (QED) is 0.852. The molecule has 0 N–H and O–H groups in total. The van der Waals surface area contributed by atoms with E-state index >= 15 is 0 Å². The Morgan fingerprint density at radius 1 is 1.08 bits per heavy atom. The van der Waals surface area contributed by atoms with Gasteiger partial charge in [0.05, 0.1) is 11.6 Å². The van der Waals surface area contributed by atoms with E-state index in [9.17, 15) is 9.59 Å². The average molecular weight is 316 g/mol. The molecule has 0 fully saturated rings. The zero-order valence-corrected chi connectivity index (χ0v) is 13.5. The van der Waals surface area contributed by atoms with Crippen LogP contribution in [0.15, 0.2) is 59.4 Å². The highest BCUT2D eigenvalue weighted by Gasteiger charge is 2.44. The highest BCUT2D eigenvalue weighted by Crippen LogP contribution is 2.47. The highest BCUT2D eigenvalue weighted by atomic mass is 16.1. The Hall–Kier alpha value is -2.88. The number of pyridine rings is 1. The van der Waals surface area contributed by atoms with Crippen LogP contribution in [0.3, 0.4) is 0 Å². The number of benzene rings is 1. The topological polar surface area (TPSA) is 59.4 Å². The maximum Gasteiger partial charge on any atom is 0.192 e. The molecule has 4 rings (SSSR count). The molecule has 4 heteroatoms. The summed E-state index contributed by atoms with van der Waals surface area (Å²) in [6, 6.07) is 11.3. The van der Waals surface area contributed by atoms with Gasteiger partial charge in [0.1, 0.15) is 5.78 Å². The van der Waals surface area contributed by atoms with E-state index in [0.29, 0.717) is 16.8 Å². The third-order valence-corrected chi connectivity index (χ3v) is 4.79. The van der Waals surface area contributed by atoms with Gasteiger partial charge in [0.15, 0.2) is 5.78 Å². The maximum absolute atomic E-state index is 13.0. The van der Waals surface area contributed by atoms with Crippen LogP contribution in [0.1, 0.15) is 41.3 Å². The zero-order valence-electron chi connectivity index (χ0n) is 13.5. The van der Waals surface area contributed by atoms with Gasteiger partial charge in [-0.25, -0.2) is 0 Å². The molecule has 0 saturated carbocycles. The lowest BCUT2D eigenvalue weighted by Crippen LogP contribution is -2.32. The first-order valence-electron chi connectivity index (χ1n) is 7.93. The summed E-state index contributed by atoms with van der Waals surface area (Å²) in [5, 5.41) is 0. The van der Waals surface area contributed by atoms with E-state index in [-0.39, 0.29) is 17.5 Å². The third-order valence-electron chi connectivity index (χ3n) is 4.79. The Morgan fingerprint density at radius 3 is 2.50 bits per heavy atom. The van der Waals surface area contributed by atoms with E-state index in [2.05, 4.69) is 9.98 Å². The van der Waals surface area contributed by atoms with Crippen LogP contribution in [0.4, 0.5) is 0 Å². The molecule has 0 bridgehead atoms. The van der Waals surface area contributed by atoms with Crippen LogP contribution < -0.4 is 0 Å². The van der Waals surface area contributed by atoms with E-state index < -0.39 is 5.92 Å². The van der Waals surface area contributed by atoms with Crippen molar-refractivity contribution in [3.63, 3.8) is 0 Å². The van der Waals surface area contributed by atoms with Gasteiger partial charge in [-0.2, -0.15) is 0 Å². The average Bonchev–Trinajstić information content (AvgIpc) is 2.87. The number of aromatic nitrogens is 1. The van der Waals surface area contributed by atoms with Crippen LogP contribution in [0, 0.1) is 5.92 Å². The van der Waals surface area contributed by atoms with Gasteiger partial charge in [0.2, 0.25) is 0 Å². The predicted octanol–water partition coefficient (Wildman–Crippen LogP) is 3.45. The first-order chi connectivity index (χ1) is 11.6. The molecule has 118 valence electrons. The SMILES string of the molecule is CC(=O)C1C(C)=NC2=C(C(=O)c3ccccc32)C1c1cccnc1. The number of carbonyl (C=O) groups excluding carboxylic acids is 2. The van der Waals surface area contributed by atoms with Gasteiger partial charge in [0.25, 0.3) is 0 Å². The lowest BCUT2D eigenvalue weighted by Gasteiger charge is -2.30. The van der Waals surface area contributed by atoms with Crippen molar-refractivity contribution in [1.82, 2.24) is 4.98 Å². The molecule has 0 amide bonds. The van der Waals surface area contributed by atoms with Crippen molar-refractivity contribution in [3.05, 3.63) is 71.1 Å². The fraction of sp³-hybridized carbons (Fsp3) is 0.200. The Bertz CT molecular complexity index is 926. The van der Waals surface area contributed by atoms with Crippen LogP contribution in [0.2, 0.25) is 0 Å². The number of ketones is 2. The number of nitrogens with zero attached hydrogens (tertiary/aromatic N) is 2. The second kappa shape index (κ2) is 5.34. The summed E-state index contributed by atoms with van der Waals surface area (Å²) in [7, 11) is 0. The molecule has 2 aromatic rings. The molecule has 1 aliphatic heterocycles. The van der Waals surface area contributed by atoms with E-state index in [1.165, 1.54) is 0 Å². The molecule has 0 spiro atoms. The minimum Gasteiger partial charge on any atom is -0.299 e. The largest absolute Gasteiger partial charge is 0.299 e. The van der Waals surface area contributed by atoms with Gasteiger partial charge in [-0.3, -0.25) is 19.6 Å². The molecule has 4 nitrogen and oxygen atoms in total. The molecule has 1 aliphatic carbocycles. The standard InChI is InChI=1S/C20H16N2O2/c1-11-16(12(2)23)17(13-6-5-9-21-10-13)18-19(22-11)14-7-3-4-8-15(14)20(18)24/h3-10,16-17H,1-2H3. The van der Waals surface area contributed by atoms with E-state index in [4.69, 9.17) is 0 Å². The van der Waals surface area contributed by atoms with Gasteiger partial charge in [0, 0.05) is 40.7 Å². The van der Waals surface area contributed by atoms with Crippen LogP contribution in [-0.2, 0) is 4.79 Å². The summed E-state index contributed by atoms with van der Waals surface area (Å²) in [6.07, 6.45) is 3.43. The van der Waals surface area contributed by atoms with Crippen molar-refractivity contribution < 1.29 is 9.59 Å². The summed E-state index contributed by atoms with van der Waals surface area (Å²) in [5.41, 5.74) is 4.47. The van der Waals surface area contributed by atoms with Crippen LogP contribution in [0.5, 0.6) is 0 Å². The van der Waals surface area contributed by atoms with Crippen LogP contribution in [-0.4, -0.2) is 22.3 Å². The molecule has 2 aliphatic rings. The number of hydrogen-bond donors (Lipinski definition) is 0. The lowest BCUT2D eigenvalue weighted by atomic mass is 9.74. The van der Waals surface area contributed by atoms with E-state index in [1.807, 2.05) is 43.3 Å². The Balaban J connectivity index is 1.98. The second-order valence-electron chi connectivity index (χ2n) is 6.24. The number of carbonyl (C=O) groups is 2. The Morgan fingerprint density at radius 2 is 1.83 bits per heavy atom. The Kier molecular flexibility index (Phi) is 3.27. The normalized spacial score (nSPS) is 22.1. The van der Waals surface area contributed by atoms with Crippen molar-refractivity contribution in [2.75, 3.05) is 0 Å². The molecule has 0 radical (unpaired) electrons. The smallest absolute Gasteiger partial charge is 0.192 e. The predicted molar refractivity (Wildman–Crippen MR) is 92.0 cm³/mol. The molecular formula is C20H16N2O2. The fourth-order valence-corrected chi connectivity index (χ4v) is 3.80. The highest BCUT2D eigenvalue weighted by molar-refractivity contribution is 6.25. The molecule has 1 aromatic heterocycles. The van der Waals surface area contributed by atoms with E-state index in [1.54, 1.807) is 19.3 Å². The summed E-state index contributed by atoms with van der Waals surface area (Å²) in [5.74, 6) is -0.771. The fourth-order valence-electron chi connectivity index (χ4n) is 3.80. The van der Waals surface area contributed by atoms with Crippen LogP contribution >= 0.6 is 0 Å². The van der Waals surface area contributed by atoms with Crippen LogP contribution in [0.25, 0.3) is 5.70 Å². The number of hydrogen-bond acceptors (Lipinski definition) is 4. The van der Waals surface area contributed by atoms with Crippen molar-refractivity contribution in [1.29, 1.82) is 0 Å². The van der Waals surface area contributed by atoms with Crippen molar-refractivity contribution >= 4 is 23.0 Å². The maximum atomic E-state index is 13.0. The first-order valence-corrected chi connectivity index (χ1v) is 7.93. The molecular weight excluding hydrogens is 300 g/mol. The van der Waals surface area contributed by atoms with Crippen molar-refractivity contribution in [3.8, 4) is 0 Å². The van der Waals surface area contributed by atoms with E-state index in [0.717, 1.165) is 16.8 Å². The lowest BCUT2D eigenvalue weighted by molar-refractivity contribution is -0.119. The number of fused-ring (bicyclic) bond motifs is 2. The zero-order chi connectivity index (χ0) is 16.8. The summed E-state index contributed by atoms with van der Waals surface area (Å²) in [4.78, 5) is 34.2. The van der Waals surface area contributed by atoms with Gasteiger partial charge in [-0.15, -0.1) is 0 Å². The molecule has 1 aromatic carbocycles. The second-order valence-corrected chi connectivity index (χ2v) is 6.24. The minimum absolute atomic E-state index is 0.0143. The number of rotatable bonds is 2. The molecule has 0 saturated heterocycles. The number of Topliss-reactive ketones (excluding diaryl/α,β-unsaturated/α-hetero) is 2. The summed E-state index contributed by atoms with van der Waals surface area (Å²) >= 11 is 0. The van der Waals surface area contributed by atoms with Gasteiger partial charge in [-0.1, -0.05) is 30.3 Å². The molecule has 2 atom stereocenters. The number of aliphatic imine (C=N–C) groups is 1. The van der Waals surface area contributed by atoms with Gasteiger partial charge < -0.3 is 0 Å².